The van der Waals surface area contributed by atoms with Crippen LogP contribution in [0.4, 0.5) is 0 Å². The van der Waals surface area contributed by atoms with Crippen LogP contribution in [-0.4, -0.2) is 19.8 Å². The lowest BCUT2D eigenvalue weighted by molar-refractivity contribution is 0.174. The van der Waals surface area contributed by atoms with Crippen LogP contribution in [0, 0.1) is 0 Å². The average Bonchev–Trinajstić information content (AvgIpc) is 3.18. The first-order valence-corrected chi connectivity index (χ1v) is 7.58. The zero-order valence-corrected chi connectivity index (χ0v) is 15.3. The van der Waals surface area contributed by atoms with Crippen LogP contribution in [-0.2, 0) is 13.1 Å². The number of fused-ring (bicyclic) bond motifs is 1. The van der Waals surface area contributed by atoms with E-state index in [-0.39, 0.29) is 24.0 Å². The third-order valence-electron chi connectivity index (χ3n) is 3.13. The minimum atomic E-state index is 0. The normalized spacial score (nSPS) is 12.7. The van der Waals surface area contributed by atoms with E-state index in [1.807, 2.05) is 24.3 Å². The Morgan fingerprint density at radius 1 is 1.18 bits per heavy atom. The molecule has 0 saturated heterocycles. The minimum Gasteiger partial charge on any atom is -0.454 e. The first-order valence-electron chi connectivity index (χ1n) is 6.70. The molecule has 0 bridgehead atoms. The largest absolute Gasteiger partial charge is 0.454 e. The van der Waals surface area contributed by atoms with E-state index in [1.165, 1.54) is 4.88 Å². The summed E-state index contributed by atoms with van der Waals surface area (Å²) >= 11 is 1.73. The van der Waals surface area contributed by atoms with Crippen LogP contribution in [0.1, 0.15) is 10.4 Å². The summed E-state index contributed by atoms with van der Waals surface area (Å²) in [7, 11) is 1.77. The standard InChI is InChI=1S/C15H17N3O2S.HI/c1-16-15(18-9-12-3-2-6-21-12)17-8-11-4-5-13-14(7-11)20-10-19-13;/h2-7H,8-10H2,1H3,(H2,16,17,18);1H. The molecule has 2 aromatic rings. The fraction of sp³-hybridized carbons (Fsp3) is 0.267. The number of nitrogens with one attached hydrogen (secondary N) is 2. The molecule has 118 valence electrons. The van der Waals surface area contributed by atoms with Crippen molar-refractivity contribution in [1.29, 1.82) is 0 Å². The lowest BCUT2D eigenvalue weighted by atomic mass is 10.2. The van der Waals surface area contributed by atoms with Crippen LogP contribution >= 0.6 is 35.3 Å². The second-order valence-electron chi connectivity index (χ2n) is 4.55. The highest BCUT2D eigenvalue weighted by Gasteiger charge is 2.13. The summed E-state index contributed by atoms with van der Waals surface area (Å²) in [5, 5.41) is 8.64. The number of hydrogen-bond acceptors (Lipinski definition) is 4. The molecular weight excluding hydrogens is 413 g/mol. The predicted molar refractivity (Wildman–Crippen MR) is 99.3 cm³/mol. The molecule has 7 heteroatoms. The maximum Gasteiger partial charge on any atom is 0.231 e. The SMILES string of the molecule is CN=C(NCc1ccc2c(c1)OCO2)NCc1cccs1.I. The molecule has 1 aliphatic heterocycles. The monoisotopic (exact) mass is 431 g/mol. The van der Waals surface area contributed by atoms with E-state index >= 15 is 0 Å². The highest BCUT2D eigenvalue weighted by molar-refractivity contribution is 14.0. The van der Waals surface area contributed by atoms with E-state index in [9.17, 15) is 0 Å². The van der Waals surface area contributed by atoms with Gasteiger partial charge in [0.2, 0.25) is 6.79 Å². The molecule has 2 heterocycles. The lowest BCUT2D eigenvalue weighted by Crippen LogP contribution is -2.36. The Hall–Kier alpha value is -1.48. The van der Waals surface area contributed by atoms with Crippen molar-refractivity contribution in [1.82, 2.24) is 10.6 Å². The molecule has 1 aromatic heterocycles. The zero-order chi connectivity index (χ0) is 14.5. The van der Waals surface area contributed by atoms with Gasteiger partial charge >= 0.3 is 0 Å². The van der Waals surface area contributed by atoms with Gasteiger partial charge in [-0.2, -0.15) is 0 Å². The molecule has 2 N–H and O–H groups in total. The summed E-state index contributed by atoms with van der Waals surface area (Å²) in [5.41, 5.74) is 1.12. The van der Waals surface area contributed by atoms with Crippen molar-refractivity contribution in [2.24, 2.45) is 4.99 Å². The van der Waals surface area contributed by atoms with Gasteiger partial charge in [0.1, 0.15) is 0 Å². The minimum absolute atomic E-state index is 0. The van der Waals surface area contributed by atoms with Crippen LogP contribution in [0.15, 0.2) is 40.7 Å². The second kappa shape index (κ2) is 8.23. The van der Waals surface area contributed by atoms with Crippen molar-refractivity contribution in [2.45, 2.75) is 13.1 Å². The van der Waals surface area contributed by atoms with Gasteiger partial charge in [0.05, 0.1) is 6.54 Å². The maximum absolute atomic E-state index is 5.37. The molecule has 0 radical (unpaired) electrons. The molecule has 1 aromatic carbocycles. The van der Waals surface area contributed by atoms with E-state index in [1.54, 1.807) is 18.4 Å². The van der Waals surface area contributed by atoms with Gasteiger partial charge in [-0.05, 0) is 29.1 Å². The predicted octanol–water partition coefficient (Wildman–Crippen LogP) is 2.96. The van der Waals surface area contributed by atoms with Gasteiger partial charge < -0.3 is 20.1 Å². The zero-order valence-electron chi connectivity index (χ0n) is 12.2. The summed E-state index contributed by atoms with van der Waals surface area (Å²) in [6.07, 6.45) is 0. The summed E-state index contributed by atoms with van der Waals surface area (Å²) in [4.78, 5) is 5.50. The molecule has 1 aliphatic rings. The summed E-state index contributed by atoms with van der Waals surface area (Å²) in [5.74, 6) is 2.39. The third-order valence-corrected chi connectivity index (χ3v) is 4.01. The van der Waals surface area contributed by atoms with Gasteiger partial charge in [-0.3, -0.25) is 4.99 Å². The molecule has 5 nitrogen and oxygen atoms in total. The van der Waals surface area contributed by atoms with Gasteiger partial charge in [0.15, 0.2) is 17.5 Å². The van der Waals surface area contributed by atoms with Crippen LogP contribution in [0.25, 0.3) is 0 Å². The summed E-state index contributed by atoms with van der Waals surface area (Å²) < 4.78 is 10.7. The summed E-state index contributed by atoms with van der Waals surface area (Å²) in [6.45, 7) is 1.76. The molecular formula is C15H18IN3O2S. The Bertz CT molecular complexity index is 632. The third kappa shape index (κ3) is 4.26. The molecule has 3 rings (SSSR count). The van der Waals surface area contributed by atoms with E-state index in [2.05, 4.69) is 27.1 Å². The molecule has 0 amide bonds. The number of benzene rings is 1. The fourth-order valence-corrected chi connectivity index (χ4v) is 2.69. The molecule has 0 fully saturated rings. The van der Waals surface area contributed by atoms with E-state index in [4.69, 9.17) is 9.47 Å². The van der Waals surface area contributed by atoms with Gasteiger partial charge in [-0.1, -0.05) is 12.1 Å². The second-order valence-corrected chi connectivity index (χ2v) is 5.58. The molecule has 22 heavy (non-hydrogen) atoms. The van der Waals surface area contributed by atoms with E-state index in [0.29, 0.717) is 13.3 Å². The number of guanidine groups is 1. The highest BCUT2D eigenvalue weighted by atomic mass is 127. The van der Waals surface area contributed by atoms with Crippen molar-refractivity contribution in [3.8, 4) is 11.5 Å². The smallest absolute Gasteiger partial charge is 0.231 e. The molecule has 0 saturated carbocycles. The topological polar surface area (TPSA) is 54.9 Å². The number of ether oxygens (including phenoxy) is 2. The van der Waals surface area contributed by atoms with E-state index in [0.717, 1.165) is 29.6 Å². The number of rotatable bonds is 4. The van der Waals surface area contributed by atoms with Gasteiger partial charge in [0, 0.05) is 18.5 Å². The number of hydrogen-bond donors (Lipinski definition) is 2. The molecule has 0 spiro atoms. The van der Waals surface area contributed by atoms with Crippen molar-refractivity contribution in [3.63, 3.8) is 0 Å². The molecule has 0 atom stereocenters. The van der Waals surface area contributed by atoms with Gasteiger partial charge in [-0.25, -0.2) is 0 Å². The quantitative estimate of drug-likeness (QED) is 0.444. The Morgan fingerprint density at radius 2 is 2.00 bits per heavy atom. The molecule has 0 unspecified atom stereocenters. The lowest BCUT2D eigenvalue weighted by Gasteiger charge is -2.11. The van der Waals surface area contributed by atoms with E-state index < -0.39 is 0 Å². The maximum atomic E-state index is 5.37. The van der Waals surface area contributed by atoms with Crippen LogP contribution in [0.5, 0.6) is 11.5 Å². The van der Waals surface area contributed by atoms with Crippen molar-refractivity contribution in [2.75, 3.05) is 13.8 Å². The Balaban J connectivity index is 0.00000176. The average molecular weight is 431 g/mol. The van der Waals surface area contributed by atoms with Crippen molar-refractivity contribution >= 4 is 41.3 Å². The summed E-state index contributed by atoms with van der Waals surface area (Å²) in [6, 6.07) is 10.1. The molecule has 0 aliphatic carbocycles. The van der Waals surface area contributed by atoms with Gasteiger partial charge in [0.25, 0.3) is 0 Å². The van der Waals surface area contributed by atoms with Gasteiger partial charge in [-0.15, -0.1) is 35.3 Å². The van der Waals surface area contributed by atoms with Crippen LogP contribution in [0.2, 0.25) is 0 Å². The number of halogens is 1. The number of nitrogens with zero attached hydrogens (tertiary/aromatic N) is 1. The van der Waals surface area contributed by atoms with Crippen molar-refractivity contribution in [3.05, 3.63) is 46.2 Å². The Labute approximate surface area is 150 Å². The van der Waals surface area contributed by atoms with Crippen LogP contribution < -0.4 is 20.1 Å². The fourth-order valence-electron chi connectivity index (χ4n) is 2.04. The number of aliphatic imine (C=N–C) groups is 1. The Morgan fingerprint density at radius 3 is 2.77 bits per heavy atom. The van der Waals surface area contributed by atoms with Crippen molar-refractivity contribution < 1.29 is 9.47 Å². The number of thiophene rings is 1. The first kappa shape index (κ1) is 16.9. The van der Waals surface area contributed by atoms with Crippen LogP contribution in [0.3, 0.4) is 0 Å². The Kier molecular flexibility index (Phi) is 6.32. The first-order chi connectivity index (χ1) is 10.3. The highest BCUT2D eigenvalue weighted by Crippen LogP contribution is 2.32.